The van der Waals surface area contributed by atoms with Crippen LogP contribution in [0.2, 0.25) is 0 Å². The highest BCUT2D eigenvalue weighted by atomic mass is 35.5. The Labute approximate surface area is 109 Å². The van der Waals surface area contributed by atoms with Crippen LogP contribution >= 0.6 is 12.4 Å². The minimum atomic E-state index is -4.13. The lowest BCUT2D eigenvalue weighted by atomic mass is 10.3. The molecular weight excluding hydrogens is 289 g/mol. The van der Waals surface area contributed by atoms with Gasteiger partial charge in [-0.25, -0.2) is 13.1 Å². The summed E-state index contributed by atoms with van der Waals surface area (Å²) in [5.41, 5.74) is 4.03. The van der Waals surface area contributed by atoms with Crippen molar-refractivity contribution in [3.63, 3.8) is 0 Å². The minimum absolute atomic E-state index is 0. The molecule has 1 rings (SSSR count). The third-order valence-corrected chi connectivity index (χ3v) is 3.35. The second-order valence-corrected chi connectivity index (χ2v) is 4.77. The second-order valence-electron chi connectivity index (χ2n) is 3.03. The average molecular weight is 300 g/mol. The number of hydrogen-bond acceptors (Lipinski definition) is 5. The Kier molecular flexibility index (Phi) is 6.12. The van der Waals surface area contributed by atoms with E-state index in [1.807, 2.05) is 4.72 Å². The molecule has 0 aliphatic carbocycles. The van der Waals surface area contributed by atoms with Crippen LogP contribution in [-0.2, 0) is 10.0 Å². The van der Waals surface area contributed by atoms with Crippen molar-refractivity contribution in [3.8, 4) is 0 Å². The summed E-state index contributed by atoms with van der Waals surface area (Å²) in [7, 11) is -4.13. The molecule has 0 atom stereocenters. The predicted molar refractivity (Wildman–Crippen MR) is 64.5 cm³/mol. The van der Waals surface area contributed by atoms with Crippen molar-refractivity contribution in [1.82, 2.24) is 4.72 Å². The number of nitro groups is 1. The maximum atomic E-state index is 13.2. The Morgan fingerprint density at radius 2 is 2.06 bits per heavy atom. The SMILES string of the molecule is Cl.NCCNS(=O)(=O)c1cccc(F)c1[N+](=O)[O-]. The van der Waals surface area contributed by atoms with E-state index in [1.165, 1.54) is 0 Å². The molecular formula is C8H11ClFN3O4S. The number of para-hydroxylation sites is 1. The highest BCUT2D eigenvalue weighted by Crippen LogP contribution is 2.26. The third kappa shape index (κ3) is 3.60. The van der Waals surface area contributed by atoms with Gasteiger partial charge in [0.25, 0.3) is 0 Å². The molecule has 0 radical (unpaired) electrons. The number of nitrogens with two attached hydrogens (primary N) is 1. The van der Waals surface area contributed by atoms with Gasteiger partial charge in [-0.3, -0.25) is 10.1 Å². The molecule has 10 heteroatoms. The van der Waals surface area contributed by atoms with Crippen molar-refractivity contribution in [2.24, 2.45) is 5.73 Å². The minimum Gasteiger partial charge on any atom is -0.329 e. The zero-order chi connectivity index (χ0) is 13.1. The molecule has 102 valence electrons. The molecule has 0 fully saturated rings. The Bertz CT molecular complexity index is 537. The molecule has 18 heavy (non-hydrogen) atoms. The molecule has 0 heterocycles. The Hall–Kier alpha value is -1.29. The van der Waals surface area contributed by atoms with Crippen molar-refractivity contribution >= 4 is 28.1 Å². The molecule has 0 saturated carbocycles. The molecule has 0 spiro atoms. The van der Waals surface area contributed by atoms with Crippen LogP contribution in [-0.4, -0.2) is 26.4 Å². The Morgan fingerprint density at radius 1 is 1.44 bits per heavy atom. The van der Waals surface area contributed by atoms with Crippen LogP contribution in [0.25, 0.3) is 0 Å². The van der Waals surface area contributed by atoms with Gasteiger partial charge in [0.15, 0.2) is 4.90 Å². The molecule has 0 aromatic heterocycles. The molecule has 0 aliphatic rings. The van der Waals surface area contributed by atoms with Crippen LogP contribution in [0.5, 0.6) is 0 Å². The van der Waals surface area contributed by atoms with Gasteiger partial charge in [0.05, 0.1) is 4.92 Å². The molecule has 0 aliphatic heterocycles. The molecule has 1 aromatic rings. The topological polar surface area (TPSA) is 115 Å². The first-order valence-electron chi connectivity index (χ1n) is 4.53. The van der Waals surface area contributed by atoms with E-state index >= 15 is 0 Å². The largest absolute Gasteiger partial charge is 0.329 e. The van der Waals surface area contributed by atoms with Gasteiger partial charge in [0.1, 0.15) is 0 Å². The Balaban J connectivity index is 0.00000289. The van der Waals surface area contributed by atoms with Crippen LogP contribution in [0.1, 0.15) is 0 Å². The summed E-state index contributed by atoms with van der Waals surface area (Å²) in [6.07, 6.45) is 0. The number of hydrogen-bond donors (Lipinski definition) is 2. The quantitative estimate of drug-likeness (QED) is 0.603. The maximum Gasteiger partial charge on any atom is 0.324 e. The van der Waals surface area contributed by atoms with E-state index in [-0.39, 0.29) is 25.5 Å². The summed E-state index contributed by atoms with van der Waals surface area (Å²) in [6.45, 7) is -0.0572. The lowest BCUT2D eigenvalue weighted by molar-refractivity contribution is -0.390. The van der Waals surface area contributed by atoms with Crippen molar-refractivity contribution in [3.05, 3.63) is 34.1 Å². The lowest BCUT2D eigenvalue weighted by Crippen LogP contribution is -2.29. The predicted octanol–water partition coefficient (Wildman–Crippen LogP) is 0.393. The molecule has 0 saturated heterocycles. The first-order valence-corrected chi connectivity index (χ1v) is 6.01. The van der Waals surface area contributed by atoms with Gasteiger partial charge in [-0.1, -0.05) is 6.07 Å². The first kappa shape index (κ1) is 16.7. The number of nitro benzene ring substituents is 1. The molecule has 0 unspecified atom stereocenters. The number of sulfonamides is 1. The summed E-state index contributed by atoms with van der Waals surface area (Å²) in [5.74, 6) is -1.20. The average Bonchev–Trinajstić information content (AvgIpc) is 2.25. The fourth-order valence-electron chi connectivity index (χ4n) is 1.16. The van der Waals surface area contributed by atoms with E-state index in [2.05, 4.69) is 0 Å². The van der Waals surface area contributed by atoms with Gasteiger partial charge in [0.2, 0.25) is 15.8 Å². The van der Waals surface area contributed by atoms with Crippen LogP contribution in [0.3, 0.4) is 0 Å². The van der Waals surface area contributed by atoms with E-state index in [4.69, 9.17) is 5.73 Å². The van der Waals surface area contributed by atoms with Crippen molar-refractivity contribution in [2.75, 3.05) is 13.1 Å². The van der Waals surface area contributed by atoms with Crippen LogP contribution in [0.4, 0.5) is 10.1 Å². The summed E-state index contributed by atoms with van der Waals surface area (Å²) in [6, 6.07) is 2.86. The maximum absolute atomic E-state index is 13.2. The van der Waals surface area contributed by atoms with E-state index < -0.39 is 31.3 Å². The molecule has 7 nitrogen and oxygen atoms in total. The van der Waals surface area contributed by atoms with Gasteiger partial charge in [-0.15, -0.1) is 12.4 Å². The van der Waals surface area contributed by atoms with Gasteiger partial charge in [-0.2, -0.15) is 4.39 Å². The van der Waals surface area contributed by atoms with Gasteiger partial charge >= 0.3 is 5.69 Å². The monoisotopic (exact) mass is 299 g/mol. The highest BCUT2D eigenvalue weighted by molar-refractivity contribution is 7.89. The third-order valence-electron chi connectivity index (χ3n) is 1.86. The van der Waals surface area contributed by atoms with Gasteiger partial charge < -0.3 is 5.73 Å². The number of nitrogens with zero attached hydrogens (tertiary/aromatic N) is 1. The van der Waals surface area contributed by atoms with Gasteiger partial charge in [-0.05, 0) is 12.1 Å². The van der Waals surface area contributed by atoms with Crippen molar-refractivity contribution < 1.29 is 17.7 Å². The summed E-state index contributed by atoms with van der Waals surface area (Å²) in [5, 5.41) is 10.6. The summed E-state index contributed by atoms with van der Waals surface area (Å²) in [4.78, 5) is 8.82. The molecule has 1 aromatic carbocycles. The molecule has 0 bridgehead atoms. The number of rotatable bonds is 5. The van der Waals surface area contributed by atoms with Crippen molar-refractivity contribution in [1.29, 1.82) is 0 Å². The van der Waals surface area contributed by atoms with Crippen LogP contribution < -0.4 is 10.5 Å². The standard InChI is InChI=1S/C8H10FN3O4S.ClH/c9-6-2-1-3-7(8(6)12(13)14)17(15,16)11-5-4-10;/h1-3,11H,4-5,10H2;1H. The summed E-state index contributed by atoms with van der Waals surface area (Å²) < 4.78 is 38.5. The zero-order valence-electron chi connectivity index (χ0n) is 9.00. The normalized spacial score (nSPS) is 10.8. The number of nitrogens with one attached hydrogen (secondary N) is 1. The van der Waals surface area contributed by atoms with E-state index in [0.29, 0.717) is 0 Å². The second kappa shape index (κ2) is 6.59. The Morgan fingerprint density at radius 3 is 2.56 bits per heavy atom. The molecule has 3 N–H and O–H groups in total. The van der Waals surface area contributed by atoms with E-state index in [0.717, 1.165) is 18.2 Å². The summed E-state index contributed by atoms with van der Waals surface area (Å²) >= 11 is 0. The first-order chi connectivity index (χ1) is 7.90. The molecule has 0 amide bonds. The van der Waals surface area contributed by atoms with Crippen LogP contribution in [0.15, 0.2) is 23.1 Å². The van der Waals surface area contributed by atoms with E-state index in [9.17, 15) is 22.9 Å². The van der Waals surface area contributed by atoms with E-state index in [1.54, 1.807) is 0 Å². The van der Waals surface area contributed by atoms with Crippen molar-refractivity contribution in [2.45, 2.75) is 4.90 Å². The smallest absolute Gasteiger partial charge is 0.324 e. The van der Waals surface area contributed by atoms with Gasteiger partial charge in [0, 0.05) is 13.1 Å². The highest BCUT2D eigenvalue weighted by Gasteiger charge is 2.28. The lowest BCUT2D eigenvalue weighted by Gasteiger charge is -2.06. The zero-order valence-corrected chi connectivity index (χ0v) is 10.6. The number of halogens is 2. The van der Waals surface area contributed by atoms with Crippen LogP contribution in [0, 0.1) is 15.9 Å². The fourth-order valence-corrected chi connectivity index (χ4v) is 2.39. The fraction of sp³-hybridized carbons (Fsp3) is 0.250. The number of benzene rings is 1.